The quantitative estimate of drug-likeness (QED) is 0.759. The number of furan rings is 1. The van der Waals surface area contributed by atoms with Gasteiger partial charge < -0.3 is 9.15 Å². The van der Waals surface area contributed by atoms with Crippen LogP contribution in [0.3, 0.4) is 0 Å². The van der Waals surface area contributed by atoms with Crippen LogP contribution in [-0.2, 0) is 18.0 Å². The van der Waals surface area contributed by atoms with Gasteiger partial charge in [0.1, 0.15) is 5.76 Å². The van der Waals surface area contributed by atoms with Crippen LogP contribution in [0.1, 0.15) is 16.9 Å². The van der Waals surface area contributed by atoms with Crippen molar-refractivity contribution in [3.05, 3.63) is 59.5 Å². The molecule has 0 aliphatic rings. The summed E-state index contributed by atoms with van der Waals surface area (Å²) in [5, 5.41) is 0. The molecule has 0 amide bonds. The maximum atomic E-state index is 5.58. The first-order valence-corrected chi connectivity index (χ1v) is 5.01. The highest BCUT2D eigenvalue weighted by Crippen LogP contribution is 2.11. The van der Waals surface area contributed by atoms with E-state index in [2.05, 4.69) is 12.1 Å². The average molecular weight is 202 g/mol. The van der Waals surface area contributed by atoms with E-state index in [4.69, 9.17) is 9.15 Å². The minimum Gasteiger partial charge on any atom is -0.469 e. The lowest BCUT2D eigenvalue weighted by molar-refractivity contribution is 0.106. The molecule has 0 fully saturated rings. The first kappa shape index (κ1) is 9.99. The van der Waals surface area contributed by atoms with E-state index in [1.165, 1.54) is 5.56 Å². The van der Waals surface area contributed by atoms with Crippen LogP contribution in [0.5, 0.6) is 0 Å². The van der Waals surface area contributed by atoms with Crippen molar-refractivity contribution in [3.63, 3.8) is 0 Å². The topological polar surface area (TPSA) is 22.4 Å². The van der Waals surface area contributed by atoms with Gasteiger partial charge in [-0.25, -0.2) is 0 Å². The molecule has 15 heavy (non-hydrogen) atoms. The predicted octanol–water partition coefficient (Wildman–Crippen LogP) is 3.30. The van der Waals surface area contributed by atoms with E-state index in [1.54, 1.807) is 6.26 Å². The Balaban J connectivity index is 1.83. The van der Waals surface area contributed by atoms with E-state index in [0.717, 1.165) is 11.3 Å². The Bertz CT molecular complexity index is 403. The Morgan fingerprint density at radius 3 is 2.53 bits per heavy atom. The molecule has 1 heterocycles. The third kappa shape index (κ3) is 2.70. The second kappa shape index (κ2) is 4.80. The monoisotopic (exact) mass is 202 g/mol. The smallest absolute Gasteiger partial charge is 0.106 e. The Kier molecular flexibility index (Phi) is 3.20. The Morgan fingerprint density at radius 1 is 1.07 bits per heavy atom. The standard InChI is InChI=1S/C13H14O2/c1-11-13(7-8-15-11)10-14-9-12-5-3-2-4-6-12/h2-8H,9-10H2,1H3. The summed E-state index contributed by atoms with van der Waals surface area (Å²) in [6, 6.07) is 12.1. The lowest BCUT2D eigenvalue weighted by Gasteiger charge is -2.03. The summed E-state index contributed by atoms with van der Waals surface area (Å²) in [6.45, 7) is 3.20. The molecule has 2 nitrogen and oxygen atoms in total. The maximum absolute atomic E-state index is 5.58. The van der Waals surface area contributed by atoms with Crippen LogP contribution in [0, 0.1) is 6.92 Å². The predicted molar refractivity (Wildman–Crippen MR) is 58.4 cm³/mol. The number of ether oxygens (including phenoxy) is 1. The molecule has 2 aromatic rings. The molecule has 0 radical (unpaired) electrons. The molecule has 0 aliphatic heterocycles. The van der Waals surface area contributed by atoms with Crippen LogP contribution >= 0.6 is 0 Å². The molecule has 0 spiro atoms. The summed E-state index contributed by atoms with van der Waals surface area (Å²) in [4.78, 5) is 0. The van der Waals surface area contributed by atoms with Crippen molar-refractivity contribution in [1.82, 2.24) is 0 Å². The van der Waals surface area contributed by atoms with E-state index in [0.29, 0.717) is 13.2 Å². The van der Waals surface area contributed by atoms with Gasteiger partial charge in [-0.05, 0) is 18.6 Å². The van der Waals surface area contributed by atoms with Crippen molar-refractivity contribution in [2.75, 3.05) is 0 Å². The highest BCUT2D eigenvalue weighted by molar-refractivity contribution is 5.15. The largest absolute Gasteiger partial charge is 0.469 e. The summed E-state index contributed by atoms with van der Waals surface area (Å²) in [7, 11) is 0. The first-order valence-electron chi connectivity index (χ1n) is 5.01. The van der Waals surface area contributed by atoms with E-state index in [-0.39, 0.29) is 0 Å². The lowest BCUT2D eigenvalue weighted by Crippen LogP contribution is -1.93. The van der Waals surface area contributed by atoms with Gasteiger partial charge in [-0.2, -0.15) is 0 Å². The number of rotatable bonds is 4. The van der Waals surface area contributed by atoms with Crippen molar-refractivity contribution in [2.45, 2.75) is 20.1 Å². The fourth-order valence-corrected chi connectivity index (χ4v) is 1.41. The zero-order valence-corrected chi connectivity index (χ0v) is 8.77. The molecule has 0 unspecified atom stereocenters. The van der Waals surface area contributed by atoms with Crippen LogP contribution in [-0.4, -0.2) is 0 Å². The Labute approximate surface area is 89.5 Å². The van der Waals surface area contributed by atoms with Gasteiger partial charge >= 0.3 is 0 Å². The summed E-state index contributed by atoms with van der Waals surface area (Å²) in [5.74, 6) is 0.933. The fraction of sp³-hybridized carbons (Fsp3) is 0.231. The number of benzene rings is 1. The van der Waals surface area contributed by atoms with E-state index in [1.807, 2.05) is 31.2 Å². The van der Waals surface area contributed by atoms with Crippen LogP contribution in [0.2, 0.25) is 0 Å². The lowest BCUT2D eigenvalue weighted by atomic mass is 10.2. The van der Waals surface area contributed by atoms with Gasteiger partial charge in [0, 0.05) is 5.56 Å². The van der Waals surface area contributed by atoms with Crippen molar-refractivity contribution in [1.29, 1.82) is 0 Å². The fourth-order valence-electron chi connectivity index (χ4n) is 1.41. The maximum Gasteiger partial charge on any atom is 0.106 e. The average Bonchev–Trinajstić information content (AvgIpc) is 2.66. The molecule has 1 aromatic carbocycles. The van der Waals surface area contributed by atoms with Gasteiger partial charge in [-0.1, -0.05) is 30.3 Å². The van der Waals surface area contributed by atoms with Crippen molar-refractivity contribution >= 4 is 0 Å². The third-order valence-electron chi connectivity index (χ3n) is 2.34. The highest BCUT2D eigenvalue weighted by atomic mass is 16.5. The van der Waals surface area contributed by atoms with Crippen LogP contribution in [0.25, 0.3) is 0 Å². The highest BCUT2D eigenvalue weighted by Gasteiger charge is 2.00. The minimum atomic E-state index is 0.608. The van der Waals surface area contributed by atoms with E-state index in [9.17, 15) is 0 Å². The first-order chi connectivity index (χ1) is 7.36. The molecular formula is C13H14O2. The van der Waals surface area contributed by atoms with Crippen LogP contribution in [0.15, 0.2) is 47.1 Å². The number of hydrogen-bond acceptors (Lipinski definition) is 2. The number of aryl methyl sites for hydroxylation is 1. The van der Waals surface area contributed by atoms with Gasteiger partial charge in [0.25, 0.3) is 0 Å². The Hall–Kier alpha value is -1.54. The summed E-state index contributed by atoms with van der Waals surface area (Å²) in [6.07, 6.45) is 1.69. The van der Waals surface area contributed by atoms with Crippen LogP contribution in [0.4, 0.5) is 0 Å². The normalized spacial score (nSPS) is 10.5. The summed E-state index contributed by atoms with van der Waals surface area (Å²) < 4.78 is 10.8. The Morgan fingerprint density at radius 2 is 1.87 bits per heavy atom. The summed E-state index contributed by atoms with van der Waals surface area (Å²) >= 11 is 0. The van der Waals surface area contributed by atoms with Crippen molar-refractivity contribution < 1.29 is 9.15 Å². The third-order valence-corrected chi connectivity index (χ3v) is 2.34. The van der Waals surface area contributed by atoms with E-state index >= 15 is 0 Å². The molecule has 0 bridgehead atoms. The van der Waals surface area contributed by atoms with Crippen LogP contribution < -0.4 is 0 Å². The molecule has 0 atom stereocenters. The molecule has 0 saturated carbocycles. The van der Waals surface area contributed by atoms with Gasteiger partial charge in [-0.15, -0.1) is 0 Å². The molecule has 0 saturated heterocycles. The van der Waals surface area contributed by atoms with E-state index < -0.39 is 0 Å². The minimum absolute atomic E-state index is 0.608. The van der Waals surface area contributed by atoms with Gasteiger partial charge in [-0.3, -0.25) is 0 Å². The SMILES string of the molecule is Cc1occc1COCc1ccccc1. The molecular weight excluding hydrogens is 188 g/mol. The number of hydrogen-bond donors (Lipinski definition) is 0. The summed E-state index contributed by atoms with van der Waals surface area (Å²) in [5.41, 5.74) is 2.31. The molecule has 1 aromatic heterocycles. The van der Waals surface area contributed by atoms with Gasteiger partial charge in [0.15, 0.2) is 0 Å². The molecule has 0 N–H and O–H groups in total. The van der Waals surface area contributed by atoms with Gasteiger partial charge in [0.2, 0.25) is 0 Å². The molecule has 2 heteroatoms. The molecule has 0 aliphatic carbocycles. The van der Waals surface area contributed by atoms with Crippen molar-refractivity contribution in [2.24, 2.45) is 0 Å². The zero-order chi connectivity index (χ0) is 10.5. The molecule has 2 rings (SSSR count). The zero-order valence-electron chi connectivity index (χ0n) is 8.77. The van der Waals surface area contributed by atoms with Gasteiger partial charge in [0.05, 0.1) is 19.5 Å². The second-order valence-electron chi connectivity index (χ2n) is 3.48. The van der Waals surface area contributed by atoms with Crippen molar-refractivity contribution in [3.8, 4) is 0 Å². The second-order valence-corrected chi connectivity index (χ2v) is 3.48. The molecule has 78 valence electrons.